The van der Waals surface area contributed by atoms with Crippen molar-refractivity contribution in [3.63, 3.8) is 0 Å². The van der Waals surface area contributed by atoms with Gasteiger partial charge in [-0.3, -0.25) is 4.79 Å². The van der Waals surface area contributed by atoms with E-state index >= 15 is 0 Å². The van der Waals surface area contributed by atoms with Gasteiger partial charge in [-0.15, -0.1) is 11.6 Å². The fourth-order valence-electron chi connectivity index (χ4n) is 2.89. The third-order valence-corrected chi connectivity index (χ3v) is 14.9. The Morgan fingerprint density at radius 3 is 1.67 bits per heavy atom. The van der Waals surface area contributed by atoms with Gasteiger partial charge in [-0.25, -0.2) is 4.79 Å². The van der Waals surface area contributed by atoms with E-state index in [0.29, 0.717) is 0 Å². The smallest absolute Gasteiger partial charge is 0.338 e. The van der Waals surface area contributed by atoms with Gasteiger partial charge >= 0.3 is 11.9 Å². The summed E-state index contributed by atoms with van der Waals surface area (Å²) in [6.45, 7) is 3.56. The molecule has 0 radical (unpaired) electrons. The van der Waals surface area contributed by atoms with Crippen LogP contribution in [0.15, 0.2) is 20.7 Å². The molecule has 0 saturated heterocycles. The minimum absolute atomic E-state index is 0.178. The Hall–Kier alpha value is 2.46. The molecular weight excluding hydrogens is 877 g/mol. The second-order valence-corrected chi connectivity index (χ2v) is 19.1. The van der Waals surface area contributed by atoms with Gasteiger partial charge in [0.1, 0.15) is 10.3 Å². The number of carbonyl (C=O) groups is 2. The molecule has 4 nitrogen and oxygen atoms in total. The van der Waals surface area contributed by atoms with Crippen LogP contribution in [0.25, 0.3) is 0 Å². The van der Waals surface area contributed by atoms with Crippen molar-refractivity contribution in [2.45, 2.75) is 47.7 Å². The van der Waals surface area contributed by atoms with Crippen molar-refractivity contribution in [2.24, 2.45) is 5.41 Å². The summed E-state index contributed by atoms with van der Waals surface area (Å²) in [6, 6.07) is 0. The summed E-state index contributed by atoms with van der Waals surface area (Å²) in [5, 5.41) is 18.8. The van der Waals surface area contributed by atoms with Gasteiger partial charge in [0.15, 0.2) is 0 Å². The third kappa shape index (κ3) is 5.48. The first-order valence-corrected chi connectivity index (χ1v) is 14.5. The fraction of sp³-hybridized carbons (Fsp3) is 0.625. The van der Waals surface area contributed by atoms with Crippen molar-refractivity contribution < 1.29 is 19.8 Å². The fourth-order valence-corrected chi connectivity index (χ4v) is 7.00. The lowest BCUT2D eigenvalue weighted by Crippen LogP contribution is -2.58. The summed E-state index contributed by atoms with van der Waals surface area (Å²) >= 11 is 47.1. The molecule has 0 aromatic rings. The van der Waals surface area contributed by atoms with Crippen LogP contribution < -0.4 is 0 Å². The lowest BCUT2D eigenvalue weighted by Gasteiger charge is -2.51. The molecule has 1 rings (SSSR count). The van der Waals surface area contributed by atoms with Gasteiger partial charge in [0, 0.05) is 9.65 Å². The molecule has 0 bridgehead atoms. The van der Waals surface area contributed by atoms with E-state index in [1.165, 1.54) is 0 Å². The van der Waals surface area contributed by atoms with Crippen LogP contribution in [0.4, 0.5) is 0 Å². The van der Waals surface area contributed by atoms with Crippen molar-refractivity contribution in [3.8, 4) is 0 Å². The predicted octanol–water partition coefficient (Wildman–Crippen LogP) is 8.63. The zero-order chi connectivity index (χ0) is 24.0. The number of aliphatic carboxylic acids is 2. The quantitative estimate of drug-likeness (QED) is 0.240. The zero-order valence-electron chi connectivity index (χ0n) is 15.1. The van der Waals surface area contributed by atoms with Crippen molar-refractivity contribution in [2.75, 3.05) is 0 Å². The monoisotopic (exact) mass is 883 g/mol. The maximum Gasteiger partial charge on any atom is 0.338 e. The highest BCUT2D eigenvalue weighted by molar-refractivity contribution is 9.26. The summed E-state index contributed by atoms with van der Waals surface area (Å²) in [5.41, 5.74) is -2.65. The molecule has 0 heterocycles. The van der Waals surface area contributed by atoms with Crippen molar-refractivity contribution in [1.29, 1.82) is 0 Å². The standard InChI is InChI=1S/C16H14Br6Cl4O4/c1-5(17)15(19,20)3-13(12(29)30)10(25)8(23)7(11(27)28)9(24)14(13,26)4-16(21,22)6(2)18/h5-6H,3-4H2,1-2H3,(H,27,28)(H,29,30). The number of hydrogen-bond acceptors (Lipinski definition) is 2. The van der Waals surface area contributed by atoms with Crippen molar-refractivity contribution >= 4 is 154 Å². The minimum atomic E-state index is -2.10. The van der Waals surface area contributed by atoms with Gasteiger partial charge in [-0.2, -0.15) is 0 Å². The Bertz CT molecular complexity index is 814. The number of carboxylic acids is 2. The number of rotatable bonds is 8. The first-order valence-electron chi connectivity index (χ1n) is 7.95. The van der Waals surface area contributed by atoms with Gasteiger partial charge in [-0.05, 0) is 12.8 Å². The van der Waals surface area contributed by atoms with Crippen molar-refractivity contribution in [1.82, 2.24) is 0 Å². The van der Waals surface area contributed by atoms with Crippen LogP contribution in [-0.2, 0) is 9.59 Å². The molecule has 0 saturated carbocycles. The SMILES string of the molecule is CC(Br)C(Br)(Br)CC1(Cl)C(Cl)=C(C(=O)O)C(Cl)=C(Cl)C1(CC(Br)(Br)C(C)Br)C(=O)O. The third-order valence-electron chi connectivity index (χ3n) is 4.75. The molecule has 30 heavy (non-hydrogen) atoms. The summed E-state index contributed by atoms with van der Waals surface area (Å²) in [4.78, 5) is 22.1. The molecule has 1 aliphatic carbocycles. The highest BCUT2D eigenvalue weighted by atomic mass is 79.9. The van der Waals surface area contributed by atoms with E-state index in [-0.39, 0.29) is 22.5 Å². The average molecular weight is 892 g/mol. The van der Waals surface area contributed by atoms with Crippen LogP contribution in [0.1, 0.15) is 26.7 Å². The van der Waals surface area contributed by atoms with Crippen molar-refractivity contribution in [3.05, 3.63) is 20.7 Å². The Balaban J connectivity index is 4.07. The Morgan fingerprint density at radius 2 is 1.33 bits per heavy atom. The molecule has 2 N–H and O–H groups in total. The van der Waals surface area contributed by atoms with Crippen LogP contribution in [0.5, 0.6) is 0 Å². The minimum Gasteiger partial charge on any atom is -0.480 e. The molecule has 0 aliphatic heterocycles. The normalized spacial score (nSPS) is 27.9. The number of hydrogen-bond donors (Lipinski definition) is 2. The first-order chi connectivity index (χ1) is 13.3. The average Bonchev–Trinajstić information content (AvgIpc) is 2.56. The summed E-state index contributed by atoms with van der Waals surface area (Å²) < 4.78 is -2.00. The second-order valence-electron chi connectivity index (χ2n) is 6.74. The van der Waals surface area contributed by atoms with Crippen LogP contribution in [0.3, 0.4) is 0 Å². The second kappa shape index (κ2) is 10.6. The summed E-state index contributed by atoms with van der Waals surface area (Å²) in [6.07, 6.45) is -0.417. The highest BCUT2D eigenvalue weighted by Gasteiger charge is 2.67. The van der Waals surface area contributed by atoms with E-state index in [9.17, 15) is 19.8 Å². The van der Waals surface area contributed by atoms with E-state index in [4.69, 9.17) is 46.4 Å². The van der Waals surface area contributed by atoms with Gasteiger partial charge in [0.2, 0.25) is 0 Å². The van der Waals surface area contributed by atoms with Gasteiger partial charge in [0.25, 0.3) is 0 Å². The molecule has 4 atom stereocenters. The van der Waals surface area contributed by atoms with E-state index in [2.05, 4.69) is 95.6 Å². The zero-order valence-corrected chi connectivity index (χ0v) is 27.6. The molecule has 172 valence electrons. The number of allylic oxidation sites excluding steroid dienone is 1. The van der Waals surface area contributed by atoms with Gasteiger partial charge in [0.05, 0.1) is 27.1 Å². The molecule has 0 aromatic carbocycles. The Morgan fingerprint density at radius 1 is 0.933 bits per heavy atom. The first kappa shape index (κ1) is 30.5. The maximum absolute atomic E-state index is 12.8. The number of alkyl halides is 7. The maximum atomic E-state index is 12.8. The Labute approximate surface area is 244 Å². The van der Waals surface area contributed by atoms with Gasteiger partial charge in [-0.1, -0.05) is 144 Å². The lowest BCUT2D eigenvalue weighted by molar-refractivity contribution is -0.148. The molecule has 0 spiro atoms. The van der Waals surface area contributed by atoms with Crippen LogP contribution in [0, 0.1) is 5.41 Å². The number of carboxylic acid groups (broad SMARTS) is 2. The molecule has 14 heteroatoms. The van der Waals surface area contributed by atoms with Gasteiger partial charge < -0.3 is 10.2 Å². The Kier molecular flexibility index (Phi) is 10.8. The summed E-state index contributed by atoms with van der Waals surface area (Å²) in [5.74, 6) is -2.90. The van der Waals surface area contributed by atoms with E-state index in [1.54, 1.807) is 13.8 Å². The van der Waals surface area contributed by atoms with Crippen LogP contribution in [0.2, 0.25) is 0 Å². The molecule has 1 aliphatic rings. The van der Waals surface area contributed by atoms with Crippen LogP contribution >= 0.6 is 142 Å². The largest absolute Gasteiger partial charge is 0.480 e. The molecule has 0 amide bonds. The highest BCUT2D eigenvalue weighted by Crippen LogP contribution is 2.66. The summed E-state index contributed by atoms with van der Waals surface area (Å²) in [7, 11) is 0. The molecular formula is C16H14Br6Cl4O4. The predicted molar refractivity (Wildman–Crippen MR) is 145 cm³/mol. The lowest BCUT2D eigenvalue weighted by atomic mass is 9.65. The van der Waals surface area contributed by atoms with E-state index in [0.717, 1.165) is 0 Å². The van der Waals surface area contributed by atoms with E-state index in [1.807, 2.05) is 0 Å². The topological polar surface area (TPSA) is 74.6 Å². The number of halogens is 10. The van der Waals surface area contributed by atoms with Crippen LogP contribution in [-0.4, -0.2) is 43.1 Å². The molecule has 0 fully saturated rings. The molecule has 4 unspecified atom stereocenters. The molecule has 0 aromatic heterocycles. The van der Waals surface area contributed by atoms with E-state index < -0.39 is 49.4 Å².